The number of aromatic amines is 1. The molecule has 1 fully saturated rings. The number of carbonyl (C=O) groups excluding carboxylic acids is 2. The van der Waals surface area contributed by atoms with E-state index in [0.29, 0.717) is 37.4 Å². The molecule has 2 heterocycles. The fourth-order valence-electron chi connectivity index (χ4n) is 2.17. The predicted octanol–water partition coefficient (Wildman–Crippen LogP) is -0.410. The Morgan fingerprint density at radius 2 is 2.17 bits per heavy atom. The first-order valence-corrected chi connectivity index (χ1v) is 5.93. The highest BCUT2D eigenvalue weighted by Crippen LogP contribution is 2.19. The number of hydrogen-bond donors (Lipinski definition) is 3. The highest BCUT2D eigenvalue weighted by Gasteiger charge is 2.27. The first kappa shape index (κ1) is 12.4. The fourth-order valence-corrected chi connectivity index (χ4v) is 2.17. The minimum absolute atomic E-state index is 0.00545. The number of nitrogen functional groups attached to an aromatic ring is 1. The number of nitrogens with zero attached hydrogens (tertiary/aromatic N) is 2. The maximum atomic E-state index is 12.1. The Labute approximate surface area is 105 Å². The van der Waals surface area contributed by atoms with Crippen LogP contribution >= 0.6 is 0 Å². The number of nitrogens with two attached hydrogens (primary N) is 1. The average Bonchev–Trinajstić information content (AvgIpc) is 2.84. The molecule has 0 spiro atoms. The molecular weight excluding hydrogens is 234 g/mol. The Morgan fingerprint density at radius 1 is 1.50 bits per heavy atom. The lowest BCUT2D eigenvalue weighted by Crippen LogP contribution is -2.42. The third kappa shape index (κ3) is 2.44. The summed E-state index contributed by atoms with van der Waals surface area (Å²) in [6.45, 7) is 1.16. The van der Waals surface area contributed by atoms with Crippen molar-refractivity contribution in [3.63, 3.8) is 0 Å². The maximum Gasteiger partial charge on any atom is 0.271 e. The van der Waals surface area contributed by atoms with Crippen LogP contribution in [-0.4, -0.2) is 47.0 Å². The Hall–Kier alpha value is -2.05. The van der Waals surface area contributed by atoms with E-state index >= 15 is 0 Å². The molecular formula is C11H17N5O2. The van der Waals surface area contributed by atoms with Crippen LogP contribution in [0.3, 0.4) is 0 Å². The molecule has 0 unspecified atom stereocenters. The number of hydrogen-bond acceptors (Lipinski definition) is 4. The molecule has 2 amide bonds. The molecule has 18 heavy (non-hydrogen) atoms. The van der Waals surface area contributed by atoms with Crippen molar-refractivity contribution in [1.82, 2.24) is 20.4 Å². The van der Waals surface area contributed by atoms with Crippen molar-refractivity contribution in [2.75, 3.05) is 25.9 Å². The van der Waals surface area contributed by atoms with E-state index in [1.54, 1.807) is 11.9 Å². The van der Waals surface area contributed by atoms with Crippen LogP contribution < -0.4 is 11.1 Å². The van der Waals surface area contributed by atoms with Gasteiger partial charge in [-0.1, -0.05) is 0 Å². The van der Waals surface area contributed by atoms with Gasteiger partial charge in [0.1, 0.15) is 11.5 Å². The van der Waals surface area contributed by atoms with E-state index in [1.165, 1.54) is 6.07 Å². The summed E-state index contributed by atoms with van der Waals surface area (Å²) in [5.41, 5.74) is 5.85. The number of rotatable bonds is 2. The molecule has 1 aliphatic heterocycles. The number of amides is 2. The van der Waals surface area contributed by atoms with Crippen molar-refractivity contribution in [2.24, 2.45) is 5.92 Å². The summed E-state index contributed by atoms with van der Waals surface area (Å²) in [6, 6.07) is 1.52. The molecule has 0 aromatic carbocycles. The maximum absolute atomic E-state index is 12.1. The topological polar surface area (TPSA) is 104 Å². The van der Waals surface area contributed by atoms with Crippen LogP contribution in [0, 0.1) is 5.92 Å². The van der Waals surface area contributed by atoms with Crippen LogP contribution in [0.15, 0.2) is 6.07 Å². The monoisotopic (exact) mass is 251 g/mol. The quantitative estimate of drug-likeness (QED) is 0.664. The molecule has 7 heteroatoms. The fraction of sp³-hybridized carbons (Fsp3) is 0.545. The van der Waals surface area contributed by atoms with E-state index < -0.39 is 0 Å². The van der Waals surface area contributed by atoms with E-state index in [4.69, 9.17) is 5.73 Å². The van der Waals surface area contributed by atoms with Gasteiger partial charge in [-0.3, -0.25) is 14.7 Å². The third-order valence-electron chi connectivity index (χ3n) is 3.23. The van der Waals surface area contributed by atoms with Gasteiger partial charge in [-0.15, -0.1) is 0 Å². The molecule has 1 saturated heterocycles. The Balaban J connectivity index is 1.94. The smallest absolute Gasteiger partial charge is 0.271 e. The average molecular weight is 251 g/mol. The number of anilines is 1. The Bertz CT molecular complexity index is 448. The van der Waals surface area contributed by atoms with Crippen LogP contribution in [0.2, 0.25) is 0 Å². The molecule has 2 rings (SSSR count). The zero-order chi connectivity index (χ0) is 13.1. The van der Waals surface area contributed by atoms with Crippen LogP contribution in [0.4, 0.5) is 5.82 Å². The standard InChI is InChI=1S/C11H17N5O2/c1-13-10(17)7-2-4-16(5-3-7)11(18)8-6-9(12)15-14-8/h6-7H,2-5H2,1H3,(H,13,17)(H3,12,14,15). The van der Waals surface area contributed by atoms with Gasteiger partial charge in [0.25, 0.3) is 5.91 Å². The molecule has 0 atom stereocenters. The summed E-state index contributed by atoms with van der Waals surface area (Å²) in [5, 5.41) is 8.97. The SMILES string of the molecule is CNC(=O)C1CCN(C(=O)c2cc(N)n[nH]2)CC1. The minimum Gasteiger partial charge on any atom is -0.382 e. The second-order valence-corrected chi connectivity index (χ2v) is 4.39. The number of carbonyl (C=O) groups is 2. The van der Waals surface area contributed by atoms with Gasteiger partial charge in [0.05, 0.1) is 0 Å². The van der Waals surface area contributed by atoms with Gasteiger partial charge in [-0.2, -0.15) is 5.10 Å². The van der Waals surface area contributed by atoms with E-state index in [9.17, 15) is 9.59 Å². The second kappa shape index (κ2) is 5.07. The third-order valence-corrected chi connectivity index (χ3v) is 3.23. The second-order valence-electron chi connectivity index (χ2n) is 4.39. The van der Waals surface area contributed by atoms with Gasteiger partial charge in [0, 0.05) is 32.1 Å². The molecule has 0 aliphatic carbocycles. The van der Waals surface area contributed by atoms with Gasteiger partial charge in [0.15, 0.2) is 0 Å². The summed E-state index contributed by atoms with van der Waals surface area (Å²) >= 11 is 0. The minimum atomic E-state index is -0.116. The van der Waals surface area contributed by atoms with Gasteiger partial charge in [-0.05, 0) is 12.8 Å². The van der Waals surface area contributed by atoms with E-state index in [-0.39, 0.29) is 17.7 Å². The molecule has 4 N–H and O–H groups in total. The summed E-state index contributed by atoms with van der Waals surface area (Å²) in [7, 11) is 1.63. The molecule has 1 aliphatic rings. The van der Waals surface area contributed by atoms with Crippen LogP contribution in [-0.2, 0) is 4.79 Å². The lowest BCUT2D eigenvalue weighted by Gasteiger charge is -2.30. The lowest BCUT2D eigenvalue weighted by molar-refractivity contribution is -0.125. The summed E-state index contributed by atoms with van der Waals surface area (Å²) in [6.07, 6.45) is 1.38. The van der Waals surface area contributed by atoms with Gasteiger partial charge in [-0.25, -0.2) is 0 Å². The molecule has 1 aromatic heterocycles. The molecule has 0 bridgehead atoms. The molecule has 1 aromatic rings. The molecule has 7 nitrogen and oxygen atoms in total. The van der Waals surface area contributed by atoms with Crippen molar-refractivity contribution in [3.05, 3.63) is 11.8 Å². The summed E-state index contributed by atoms with van der Waals surface area (Å²) in [4.78, 5) is 25.2. The number of aromatic nitrogens is 2. The van der Waals surface area contributed by atoms with Crippen molar-refractivity contribution in [1.29, 1.82) is 0 Å². The first-order chi connectivity index (χ1) is 8.61. The van der Waals surface area contributed by atoms with Gasteiger partial charge < -0.3 is 16.0 Å². The van der Waals surface area contributed by atoms with E-state index in [2.05, 4.69) is 15.5 Å². The number of likely N-dealkylation sites (tertiary alicyclic amines) is 1. The first-order valence-electron chi connectivity index (χ1n) is 5.93. The van der Waals surface area contributed by atoms with Crippen LogP contribution in [0.5, 0.6) is 0 Å². The molecule has 0 saturated carbocycles. The predicted molar refractivity (Wildman–Crippen MR) is 65.7 cm³/mol. The Kier molecular flexibility index (Phi) is 3.50. The van der Waals surface area contributed by atoms with Crippen molar-refractivity contribution in [2.45, 2.75) is 12.8 Å². The van der Waals surface area contributed by atoms with Crippen LogP contribution in [0.1, 0.15) is 23.3 Å². The molecule has 0 radical (unpaired) electrons. The zero-order valence-electron chi connectivity index (χ0n) is 10.3. The van der Waals surface area contributed by atoms with Crippen molar-refractivity contribution in [3.8, 4) is 0 Å². The normalized spacial score (nSPS) is 16.6. The summed E-state index contributed by atoms with van der Waals surface area (Å²) in [5.74, 6) is 0.243. The Morgan fingerprint density at radius 3 is 2.67 bits per heavy atom. The number of nitrogens with one attached hydrogen (secondary N) is 2. The zero-order valence-corrected chi connectivity index (χ0v) is 10.3. The van der Waals surface area contributed by atoms with Gasteiger partial charge >= 0.3 is 0 Å². The van der Waals surface area contributed by atoms with E-state index in [0.717, 1.165) is 0 Å². The highest BCUT2D eigenvalue weighted by atomic mass is 16.2. The van der Waals surface area contributed by atoms with Crippen molar-refractivity contribution >= 4 is 17.6 Å². The number of H-pyrrole nitrogens is 1. The van der Waals surface area contributed by atoms with Crippen molar-refractivity contribution < 1.29 is 9.59 Å². The highest BCUT2D eigenvalue weighted by molar-refractivity contribution is 5.93. The van der Waals surface area contributed by atoms with Crippen LogP contribution in [0.25, 0.3) is 0 Å². The lowest BCUT2D eigenvalue weighted by atomic mass is 9.96. The number of piperidine rings is 1. The largest absolute Gasteiger partial charge is 0.382 e. The van der Waals surface area contributed by atoms with Gasteiger partial charge in [0.2, 0.25) is 5.91 Å². The van der Waals surface area contributed by atoms with E-state index in [1.807, 2.05) is 0 Å². The summed E-state index contributed by atoms with van der Waals surface area (Å²) < 4.78 is 0. The molecule has 98 valence electrons.